The number of thioether (sulfide) groups is 1. The van der Waals surface area contributed by atoms with Crippen molar-refractivity contribution < 1.29 is 14.3 Å². The van der Waals surface area contributed by atoms with E-state index in [0.29, 0.717) is 17.7 Å². The van der Waals surface area contributed by atoms with Crippen LogP contribution in [0.15, 0.2) is 12.5 Å². The zero-order valence-electron chi connectivity index (χ0n) is 14.1. The number of aromatic nitrogens is 2. The number of aryl methyl sites for hydroxylation is 1. The van der Waals surface area contributed by atoms with Crippen molar-refractivity contribution in [3.05, 3.63) is 18.2 Å². The number of hydrogen-bond acceptors (Lipinski definition) is 5. The monoisotopic (exact) mass is 351 g/mol. The predicted molar refractivity (Wildman–Crippen MR) is 92.2 cm³/mol. The van der Waals surface area contributed by atoms with Gasteiger partial charge in [0.25, 0.3) is 5.91 Å². The van der Waals surface area contributed by atoms with Crippen LogP contribution in [0.2, 0.25) is 0 Å². The first-order chi connectivity index (χ1) is 11.6. The molecule has 3 aliphatic heterocycles. The van der Waals surface area contributed by atoms with Crippen LogP contribution in [0.3, 0.4) is 0 Å². The minimum absolute atomic E-state index is 0.0494. The molecule has 0 N–H and O–H groups in total. The highest BCUT2D eigenvalue weighted by atomic mass is 32.2. The molecule has 1 amide bonds. The van der Waals surface area contributed by atoms with Crippen LogP contribution in [-0.2, 0) is 16.5 Å². The van der Waals surface area contributed by atoms with Gasteiger partial charge in [0.05, 0.1) is 17.2 Å². The summed E-state index contributed by atoms with van der Waals surface area (Å²) in [6, 6.07) is 0. The molecule has 0 aromatic carbocycles. The molecular weight excluding hydrogens is 326 g/mol. The molecule has 0 aliphatic carbocycles. The first kappa shape index (κ1) is 16.4. The summed E-state index contributed by atoms with van der Waals surface area (Å²) in [5, 5.41) is 0. The summed E-state index contributed by atoms with van der Waals surface area (Å²) in [6.07, 6.45) is 7.11. The predicted octanol–water partition coefficient (Wildman–Crippen LogP) is 1.56. The molecule has 4 rings (SSSR count). The molecule has 4 heterocycles. The quantitative estimate of drug-likeness (QED) is 0.824. The van der Waals surface area contributed by atoms with Gasteiger partial charge in [0, 0.05) is 51.9 Å². The minimum atomic E-state index is 0.0494. The highest BCUT2D eigenvalue weighted by Gasteiger charge is 2.51. The molecule has 132 valence electrons. The van der Waals surface area contributed by atoms with E-state index in [9.17, 15) is 4.79 Å². The summed E-state index contributed by atoms with van der Waals surface area (Å²) in [5.41, 5.74) is 0.544. The van der Waals surface area contributed by atoms with E-state index in [1.807, 2.05) is 28.3 Å². The maximum absolute atomic E-state index is 12.4. The van der Waals surface area contributed by atoms with Crippen LogP contribution >= 0.6 is 11.8 Å². The molecule has 1 atom stereocenters. The van der Waals surface area contributed by atoms with Crippen molar-refractivity contribution in [3.63, 3.8) is 0 Å². The van der Waals surface area contributed by atoms with Gasteiger partial charge >= 0.3 is 0 Å². The van der Waals surface area contributed by atoms with Crippen molar-refractivity contribution in [2.45, 2.75) is 30.1 Å². The topological polar surface area (TPSA) is 56.6 Å². The Morgan fingerprint density at radius 1 is 1.46 bits per heavy atom. The van der Waals surface area contributed by atoms with E-state index in [-0.39, 0.29) is 10.7 Å². The molecule has 24 heavy (non-hydrogen) atoms. The highest BCUT2D eigenvalue weighted by Crippen LogP contribution is 2.46. The first-order valence-corrected chi connectivity index (χ1v) is 9.73. The zero-order chi connectivity index (χ0) is 16.6. The molecule has 3 fully saturated rings. The third-order valence-electron chi connectivity index (χ3n) is 5.25. The number of carbonyl (C=O) groups excluding carboxylic acids is 1. The molecule has 3 saturated heterocycles. The lowest BCUT2D eigenvalue weighted by atomic mass is 9.92. The maximum atomic E-state index is 12.4. The third-order valence-corrected chi connectivity index (χ3v) is 6.83. The maximum Gasteiger partial charge on any atom is 0.274 e. The van der Waals surface area contributed by atoms with Gasteiger partial charge in [-0.25, -0.2) is 4.98 Å². The van der Waals surface area contributed by atoms with Gasteiger partial charge in [0.15, 0.2) is 0 Å². The van der Waals surface area contributed by atoms with E-state index in [4.69, 9.17) is 9.47 Å². The summed E-state index contributed by atoms with van der Waals surface area (Å²) < 4.78 is 13.6. The van der Waals surface area contributed by atoms with Crippen molar-refractivity contribution in [1.29, 1.82) is 0 Å². The van der Waals surface area contributed by atoms with E-state index in [0.717, 1.165) is 57.9 Å². The Balaban J connectivity index is 1.23. The Hall–Kier alpha value is -1.05. The van der Waals surface area contributed by atoms with Crippen LogP contribution in [0.25, 0.3) is 0 Å². The third kappa shape index (κ3) is 3.34. The summed E-state index contributed by atoms with van der Waals surface area (Å²) in [5.74, 6) is 1.76. The van der Waals surface area contributed by atoms with Gasteiger partial charge in [-0.05, 0) is 25.2 Å². The van der Waals surface area contributed by atoms with Gasteiger partial charge in [-0.3, -0.25) is 4.79 Å². The molecule has 1 spiro atoms. The van der Waals surface area contributed by atoms with Crippen LogP contribution in [0.4, 0.5) is 0 Å². The van der Waals surface area contributed by atoms with Crippen LogP contribution in [0, 0.1) is 5.92 Å². The molecule has 6 nitrogen and oxygen atoms in total. The van der Waals surface area contributed by atoms with Crippen LogP contribution in [0.5, 0.6) is 0 Å². The Labute approximate surface area is 146 Å². The Morgan fingerprint density at radius 3 is 2.96 bits per heavy atom. The summed E-state index contributed by atoms with van der Waals surface area (Å²) >= 11 is 1.98. The van der Waals surface area contributed by atoms with Crippen LogP contribution < -0.4 is 0 Å². The van der Waals surface area contributed by atoms with Crippen molar-refractivity contribution in [1.82, 2.24) is 14.5 Å². The Kier molecular flexibility index (Phi) is 4.58. The highest BCUT2D eigenvalue weighted by molar-refractivity contribution is 8.01. The fourth-order valence-electron chi connectivity index (χ4n) is 3.79. The van der Waals surface area contributed by atoms with E-state index < -0.39 is 0 Å². The molecule has 3 aliphatic rings. The van der Waals surface area contributed by atoms with Gasteiger partial charge < -0.3 is 18.9 Å². The summed E-state index contributed by atoms with van der Waals surface area (Å²) in [6.45, 7) is 4.26. The standard InChI is InChI=1S/C17H25N3O3S/c1-19-7-15(18-12-19)16(21)20-10-17(11-20)6-14(9-24-17)23-8-13-2-4-22-5-3-13/h7,12-14H,2-6,8-11H2,1H3/t14-/m0/s1. The number of hydrogen-bond donors (Lipinski definition) is 0. The number of nitrogens with zero attached hydrogens (tertiary/aromatic N) is 3. The number of imidazole rings is 1. The van der Waals surface area contributed by atoms with Crippen molar-refractivity contribution in [2.24, 2.45) is 13.0 Å². The lowest BCUT2D eigenvalue weighted by molar-refractivity contribution is -0.0119. The molecule has 0 radical (unpaired) electrons. The van der Waals surface area contributed by atoms with E-state index in [2.05, 4.69) is 4.98 Å². The van der Waals surface area contributed by atoms with Crippen LogP contribution in [-0.4, -0.2) is 69.9 Å². The number of ether oxygens (including phenoxy) is 2. The molecular formula is C17H25N3O3S. The largest absolute Gasteiger partial charge is 0.381 e. The lowest BCUT2D eigenvalue weighted by Crippen LogP contribution is -2.60. The SMILES string of the molecule is Cn1cnc(C(=O)N2CC3(C[C@H](OCC4CCOCC4)CS3)C2)c1. The van der Waals surface area contributed by atoms with Gasteiger partial charge in [-0.2, -0.15) is 0 Å². The molecule has 0 bridgehead atoms. The summed E-state index contributed by atoms with van der Waals surface area (Å²) in [4.78, 5) is 18.5. The fourth-order valence-corrected chi connectivity index (χ4v) is 5.34. The van der Waals surface area contributed by atoms with Gasteiger partial charge in [0.2, 0.25) is 0 Å². The average molecular weight is 351 g/mol. The molecule has 0 unspecified atom stereocenters. The van der Waals surface area contributed by atoms with Crippen LogP contribution in [0.1, 0.15) is 29.8 Å². The number of rotatable bonds is 4. The Morgan fingerprint density at radius 2 is 2.25 bits per heavy atom. The van der Waals surface area contributed by atoms with E-state index in [1.165, 1.54) is 0 Å². The second-order valence-electron chi connectivity index (χ2n) is 7.29. The molecule has 1 aromatic heterocycles. The number of amides is 1. The van der Waals surface area contributed by atoms with Gasteiger partial charge in [0.1, 0.15) is 5.69 Å². The normalized spacial score (nSPS) is 26.7. The van der Waals surface area contributed by atoms with Gasteiger partial charge in [-0.15, -0.1) is 11.8 Å². The average Bonchev–Trinajstić information content (AvgIpc) is 3.18. The van der Waals surface area contributed by atoms with E-state index >= 15 is 0 Å². The fraction of sp³-hybridized carbons (Fsp3) is 0.765. The van der Waals surface area contributed by atoms with Crippen molar-refractivity contribution in [2.75, 3.05) is 38.7 Å². The minimum Gasteiger partial charge on any atom is -0.381 e. The van der Waals surface area contributed by atoms with Crippen molar-refractivity contribution >= 4 is 17.7 Å². The van der Waals surface area contributed by atoms with Gasteiger partial charge in [-0.1, -0.05) is 0 Å². The zero-order valence-corrected chi connectivity index (χ0v) is 15.0. The second-order valence-corrected chi connectivity index (χ2v) is 8.78. The number of likely N-dealkylation sites (tertiary alicyclic amines) is 1. The lowest BCUT2D eigenvalue weighted by Gasteiger charge is -2.47. The number of carbonyl (C=O) groups is 1. The molecule has 7 heteroatoms. The van der Waals surface area contributed by atoms with E-state index in [1.54, 1.807) is 12.5 Å². The summed E-state index contributed by atoms with van der Waals surface area (Å²) in [7, 11) is 1.88. The molecule has 1 aromatic rings. The second kappa shape index (κ2) is 6.69. The first-order valence-electron chi connectivity index (χ1n) is 8.74. The Bertz CT molecular complexity index is 594. The molecule has 0 saturated carbocycles. The smallest absolute Gasteiger partial charge is 0.274 e. The van der Waals surface area contributed by atoms with Crippen molar-refractivity contribution in [3.8, 4) is 0 Å².